The summed E-state index contributed by atoms with van der Waals surface area (Å²) in [6.45, 7) is 0.925. The molecule has 1 fully saturated rings. The lowest BCUT2D eigenvalue weighted by Gasteiger charge is -2.31. The van der Waals surface area contributed by atoms with Gasteiger partial charge in [0.2, 0.25) is 10.0 Å². The van der Waals surface area contributed by atoms with Crippen molar-refractivity contribution in [3.63, 3.8) is 0 Å². The number of sulfonamides is 1. The fraction of sp³-hybridized carbons (Fsp3) is 0.462. The molecule has 1 saturated heterocycles. The topological polar surface area (TPSA) is 125 Å². The predicted molar refractivity (Wildman–Crippen MR) is 79.1 cm³/mol. The number of nitrogens with zero attached hydrogens (tertiary/aromatic N) is 1. The molecule has 0 radical (unpaired) electrons. The maximum atomic E-state index is 12.7. The second-order valence-corrected chi connectivity index (χ2v) is 6.76. The van der Waals surface area contributed by atoms with Crippen LogP contribution in [0, 0.1) is 0 Å². The smallest absolute Gasteiger partial charge is 0.252 e. The molecule has 122 valence electrons. The number of nitrogens with two attached hydrogens (primary N) is 2. The van der Waals surface area contributed by atoms with Gasteiger partial charge in [-0.25, -0.2) is 8.42 Å². The van der Waals surface area contributed by atoms with Gasteiger partial charge in [-0.3, -0.25) is 4.79 Å². The SMILES string of the molecule is COc1ccc(S(=O)(=O)N2CCOC(CN)C2)cc1C(N)=O. The highest BCUT2D eigenvalue weighted by Crippen LogP contribution is 2.25. The van der Waals surface area contributed by atoms with Crippen molar-refractivity contribution in [3.8, 4) is 5.75 Å². The Morgan fingerprint density at radius 2 is 2.23 bits per heavy atom. The van der Waals surface area contributed by atoms with Crippen LogP contribution in [0.25, 0.3) is 0 Å². The van der Waals surface area contributed by atoms with Crippen molar-refractivity contribution in [1.82, 2.24) is 4.31 Å². The number of methoxy groups -OCH3 is 1. The van der Waals surface area contributed by atoms with Gasteiger partial charge in [0.25, 0.3) is 5.91 Å². The monoisotopic (exact) mass is 329 g/mol. The van der Waals surface area contributed by atoms with Crippen molar-refractivity contribution >= 4 is 15.9 Å². The minimum atomic E-state index is -3.75. The van der Waals surface area contributed by atoms with Gasteiger partial charge in [0, 0.05) is 19.6 Å². The molecule has 1 aromatic rings. The van der Waals surface area contributed by atoms with E-state index in [0.717, 1.165) is 0 Å². The van der Waals surface area contributed by atoms with Crippen molar-refractivity contribution in [1.29, 1.82) is 0 Å². The zero-order valence-corrected chi connectivity index (χ0v) is 13.0. The molecule has 0 aliphatic carbocycles. The second-order valence-electron chi connectivity index (χ2n) is 4.82. The first-order chi connectivity index (χ1) is 10.4. The van der Waals surface area contributed by atoms with E-state index in [0.29, 0.717) is 0 Å². The Labute approximate surface area is 129 Å². The van der Waals surface area contributed by atoms with Crippen molar-refractivity contribution in [2.24, 2.45) is 11.5 Å². The van der Waals surface area contributed by atoms with Gasteiger partial charge in [-0.05, 0) is 18.2 Å². The lowest BCUT2D eigenvalue weighted by Crippen LogP contribution is -2.48. The fourth-order valence-electron chi connectivity index (χ4n) is 2.24. The van der Waals surface area contributed by atoms with Gasteiger partial charge >= 0.3 is 0 Å². The fourth-order valence-corrected chi connectivity index (χ4v) is 3.72. The number of primary amides is 1. The summed E-state index contributed by atoms with van der Waals surface area (Å²) in [6.07, 6.45) is -0.336. The molecule has 1 heterocycles. The van der Waals surface area contributed by atoms with E-state index in [1.54, 1.807) is 0 Å². The highest BCUT2D eigenvalue weighted by Gasteiger charge is 2.31. The third-order valence-corrected chi connectivity index (χ3v) is 5.30. The lowest BCUT2D eigenvalue weighted by atomic mass is 10.2. The maximum Gasteiger partial charge on any atom is 0.252 e. The maximum absolute atomic E-state index is 12.7. The van der Waals surface area contributed by atoms with Gasteiger partial charge in [0.05, 0.1) is 30.3 Å². The number of carbonyl (C=O) groups is 1. The zero-order chi connectivity index (χ0) is 16.3. The van der Waals surface area contributed by atoms with Crippen molar-refractivity contribution in [2.75, 3.05) is 33.4 Å². The third kappa shape index (κ3) is 3.22. The van der Waals surface area contributed by atoms with Gasteiger partial charge in [-0.1, -0.05) is 0 Å². The molecule has 1 aliphatic rings. The molecule has 0 spiro atoms. The molecule has 2 rings (SSSR count). The van der Waals surface area contributed by atoms with Crippen molar-refractivity contribution in [2.45, 2.75) is 11.0 Å². The van der Waals surface area contributed by atoms with E-state index >= 15 is 0 Å². The van der Waals surface area contributed by atoms with E-state index in [9.17, 15) is 13.2 Å². The third-order valence-electron chi connectivity index (χ3n) is 3.44. The lowest BCUT2D eigenvalue weighted by molar-refractivity contribution is 0.00450. The average Bonchev–Trinajstić information content (AvgIpc) is 2.54. The first kappa shape index (κ1) is 16.7. The Morgan fingerprint density at radius 1 is 1.50 bits per heavy atom. The first-order valence-electron chi connectivity index (χ1n) is 6.69. The number of amides is 1. The molecule has 1 amide bonds. The predicted octanol–water partition coefficient (Wildman–Crippen LogP) is -0.858. The number of morpholine rings is 1. The van der Waals surface area contributed by atoms with E-state index in [-0.39, 0.29) is 48.6 Å². The molecule has 1 unspecified atom stereocenters. The first-order valence-corrected chi connectivity index (χ1v) is 8.13. The highest BCUT2D eigenvalue weighted by molar-refractivity contribution is 7.89. The Balaban J connectivity index is 2.37. The molecule has 9 heteroatoms. The number of rotatable bonds is 5. The van der Waals surface area contributed by atoms with Crippen LogP contribution in [0.15, 0.2) is 23.1 Å². The number of hydrogen-bond acceptors (Lipinski definition) is 6. The minimum Gasteiger partial charge on any atom is -0.496 e. The van der Waals surface area contributed by atoms with Crippen LogP contribution in [0.1, 0.15) is 10.4 Å². The average molecular weight is 329 g/mol. The van der Waals surface area contributed by atoms with Crippen LogP contribution in [0.5, 0.6) is 5.75 Å². The number of hydrogen-bond donors (Lipinski definition) is 2. The Morgan fingerprint density at radius 3 is 2.82 bits per heavy atom. The zero-order valence-electron chi connectivity index (χ0n) is 12.2. The molecule has 22 heavy (non-hydrogen) atoms. The molecular weight excluding hydrogens is 310 g/mol. The van der Waals surface area contributed by atoms with E-state index in [4.69, 9.17) is 20.9 Å². The van der Waals surface area contributed by atoms with E-state index in [1.165, 1.54) is 29.6 Å². The normalized spacial score (nSPS) is 19.8. The van der Waals surface area contributed by atoms with Crippen molar-refractivity contribution in [3.05, 3.63) is 23.8 Å². The molecule has 1 aromatic carbocycles. The van der Waals surface area contributed by atoms with Gasteiger partial charge < -0.3 is 20.9 Å². The van der Waals surface area contributed by atoms with Crippen LogP contribution in [0.3, 0.4) is 0 Å². The molecule has 1 aliphatic heterocycles. The standard InChI is InChI=1S/C13H19N3O5S/c1-20-12-3-2-10(6-11(12)13(15)17)22(18,19)16-4-5-21-9(7-14)8-16/h2-3,6,9H,4-5,7-8,14H2,1H3,(H2,15,17). The quantitative estimate of drug-likeness (QED) is 0.724. The summed E-state index contributed by atoms with van der Waals surface area (Å²) >= 11 is 0. The Bertz CT molecular complexity index is 662. The van der Waals surface area contributed by atoms with Crippen LogP contribution >= 0.6 is 0 Å². The summed E-state index contributed by atoms with van der Waals surface area (Å²) in [5, 5.41) is 0. The van der Waals surface area contributed by atoms with Crippen LogP contribution in [0.2, 0.25) is 0 Å². The minimum absolute atomic E-state index is 0.0141. The van der Waals surface area contributed by atoms with Crippen LogP contribution in [-0.4, -0.2) is 58.1 Å². The largest absolute Gasteiger partial charge is 0.496 e. The van der Waals surface area contributed by atoms with E-state index < -0.39 is 15.9 Å². The highest BCUT2D eigenvalue weighted by atomic mass is 32.2. The van der Waals surface area contributed by atoms with Gasteiger partial charge in [0.1, 0.15) is 5.75 Å². The number of benzene rings is 1. The van der Waals surface area contributed by atoms with E-state index in [1.807, 2.05) is 0 Å². The molecule has 1 atom stereocenters. The molecule has 4 N–H and O–H groups in total. The van der Waals surface area contributed by atoms with Gasteiger partial charge in [-0.15, -0.1) is 0 Å². The van der Waals surface area contributed by atoms with Crippen LogP contribution < -0.4 is 16.2 Å². The van der Waals surface area contributed by atoms with Gasteiger partial charge in [0.15, 0.2) is 0 Å². The summed E-state index contributed by atoms with van der Waals surface area (Å²) in [6, 6.07) is 4.02. The van der Waals surface area contributed by atoms with Crippen molar-refractivity contribution < 1.29 is 22.7 Å². The van der Waals surface area contributed by atoms with Crippen LogP contribution in [-0.2, 0) is 14.8 Å². The summed E-state index contributed by atoms with van der Waals surface area (Å²) in [4.78, 5) is 11.4. The molecule has 8 nitrogen and oxygen atoms in total. The molecular formula is C13H19N3O5S. The summed E-state index contributed by atoms with van der Waals surface area (Å²) in [5.41, 5.74) is 10.8. The molecule has 0 bridgehead atoms. The summed E-state index contributed by atoms with van der Waals surface area (Å²) in [7, 11) is -2.37. The summed E-state index contributed by atoms with van der Waals surface area (Å²) in [5.74, 6) is -0.524. The van der Waals surface area contributed by atoms with E-state index in [2.05, 4.69) is 0 Å². The Kier molecular flexibility index (Phi) is 5.01. The molecule has 0 saturated carbocycles. The summed E-state index contributed by atoms with van der Waals surface area (Å²) < 4.78 is 37.0. The number of carbonyl (C=O) groups excluding carboxylic acids is 1. The van der Waals surface area contributed by atoms with Gasteiger partial charge in [-0.2, -0.15) is 4.31 Å². The Hall–Kier alpha value is -1.68. The number of ether oxygens (including phenoxy) is 2. The second kappa shape index (κ2) is 6.61. The van der Waals surface area contributed by atoms with Crippen LogP contribution in [0.4, 0.5) is 0 Å². The molecule has 0 aromatic heterocycles.